The first-order valence-corrected chi connectivity index (χ1v) is 6.62. The van der Waals surface area contributed by atoms with E-state index in [2.05, 4.69) is 54.6 Å². The standard InChI is InChI=1S/C15H21N3/c1-3-10-18-11-9-15(17-18)16-12-13(2)14-7-5-4-6-8-14/h4-9,11,13H,3,10,12H2,1-2H3,(H,16,17). The van der Waals surface area contributed by atoms with Crippen molar-refractivity contribution in [2.75, 3.05) is 11.9 Å². The van der Waals surface area contributed by atoms with Gasteiger partial charge in [-0.15, -0.1) is 0 Å². The Hall–Kier alpha value is -1.77. The van der Waals surface area contributed by atoms with Gasteiger partial charge in [0.05, 0.1) is 0 Å². The largest absolute Gasteiger partial charge is 0.368 e. The molecule has 0 saturated heterocycles. The van der Waals surface area contributed by atoms with E-state index in [1.54, 1.807) is 0 Å². The Bertz CT molecular complexity index is 462. The molecule has 3 heteroatoms. The second-order valence-corrected chi connectivity index (χ2v) is 4.66. The molecule has 0 amide bonds. The highest BCUT2D eigenvalue weighted by molar-refractivity contribution is 5.33. The van der Waals surface area contributed by atoms with Gasteiger partial charge >= 0.3 is 0 Å². The van der Waals surface area contributed by atoms with E-state index in [1.807, 2.05) is 16.9 Å². The minimum Gasteiger partial charge on any atom is -0.368 e. The van der Waals surface area contributed by atoms with Crippen molar-refractivity contribution >= 4 is 5.82 Å². The normalized spacial score (nSPS) is 12.3. The van der Waals surface area contributed by atoms with E-state index in [-0.39, 0.29) is 0 Å². The molecule has 0 aliphatic rings. The molecule has 0 radical (unpaired) electrons. The molecule has 3 nitrogen and oxygen atoms in total. The second-order valence-electron chi connectivity index (χ2n) is 4.66. The van der Waals surface area contributed by atoms with Gasteiger partial charge < -0.3 is 5.32 Å². The fourth-order valence-electron chi connectivity index (χ4n) is 1.97. The van der Waals surface area contributed by atoms with Crippen molar-refractivity contribution in [1.29, 1.82) is 0 Å². The van der Waals surface area contributed by atoms with Crippen molar-refractivity contribution in [3.8, 4) is 0 Å². The predicted octanol–water partition coefficient (Wildman–Crippen LogP) is 3.51. The fourth-order valence-corrected chi connectivity index (χ4v) is 1.97. The lowest BCUT2D eigenvalue weighted by atomic mass is 10.0. The molecular formula is C15H21N3. The van der Waals surface area contributed by atoms with E-state index in [4.69, 9.17) is 0 Å². The summed E-state index contributed by atoms with van der Waals surface area (Å²) in [5.41, 5.74) is 1.36. The second kappa shape index (κ2) is 6.24. The number of hydrogen-bond acceptors (Lipinski definition) is 2. The predicted molar refractivity (Wildman–Crippen MR) is 75.9 cm³/mol. The molecule has 0 aliphatic heterocycles. The first kappa shape index (κ1) is 12.7. The van der Waals surface area contributed by atoms with Gasteiger partial charge in [0.2, 0.25) is 0 Å². The summed E-state index contributed by atoms with van der Waals surface area (Å²) in [7, 11) is 0. The monoisotopic (exact) mass is 243 g/mol. The van der Waals surface area contributed by atoms with Crippen LogP contribution in [-0.4, -0.2) is 16.3 Å². The van der Waals surface area contributed by atoms with Crippen LogP contribution in [0.3, 0.4) is 0 Å². The van der Waals surface area contributed by atoms with Gasteiger partial charge in [-0.25, -0.2) is 0 Å². The zero-order chi connectivity index (χ0) is 12.8. The van der Waals surface area contributed by atoms with Crippen LogP contribution >= 0.6 is 0 Å². The number of benzene rings is 1. The van der Waals surface area contributed by atoms with Crippen molar-refractivity contribution < 1.29 is 0 Å². The van der Waals surface area contributed by atoms with E-state index >= 15 is 0 Å². The van der Waals surface area contributed by atoms with Crippen LogP contribution in [-0.2, 0) is 6.54 Å². The van der Waals surface area contributed by atoms with E-state index in [0.717, 1.165) is 25.3 Å². The van der Waals surface area contributed by atoms with Gasteiger partial charge in [-0.2, -0.15) is 5.10 Å². The van der Waals surface area contributed by atoms with E-state index < -0.39 is 0 Å². The minimum absolute atomic E-state index is 0.488. The van der Waals surface area contributed by atoms with Gasteiger partial charge in [0.1, 0.15) is 5.82 Å². The number of aryl methyl sites for hydroxylation is 1. The van der Waals surface area contributed by atoms with Gasteiger partial charge in [0.15, 0.2) is 0 Å². The molecule has 0 aliphatic carbocycles. The molecule has 96 valence electrons. The average molecular weight is 243 g/mol. The molecule has 1 heterocycles. The summed E-state index contributed by atoms with van der Waals surface area (Å²) in [5.74, 6) is 1.45. The Morgan fingerprint density at radius 3 is 2.72 bits per heavy atom. The summed E-state index contributed by atoms with van der Waals surface area (Å²) < 4.78 is 1.98. The summed E-state index contributed by atoms with van der Waals surface area (Å²) in [4.78, 5) is 0. The number of nitrogens with zero attached hydrogens (tertiary/aromatic N) is 2. The molecule has 0 fully saturated rings. The summed E-state index contributed by atoms with van der Waals surface area (Å²) in [6.45, 7) is 6.28. The summed E-state index contributed by atoms with van der Waals surface area (Å²) >= 11 is 0. The lowest BCUT2D eigenvalue weighted by Crippen LogP contribution is -2.10. The van der Waals surface area contributed by atoms with Crippen LogP contribution < -0.4 is 5.32 Å². The van der Waals surface area contributed by atoms with Crippen LogP contribution in [0, 0.1) is 0 Å². The van der Waals surface area contributed by atoms with Gasteiger partial charge in [-0.05, 0) is 17.9 Å². The molecule has 0 saturated carbocycles. The molecule has 1 aromatic carbocycles. The van der Waals surface area contributed by atoms with E-state index in [1.165, 1.54) is 5.56 Å². The van der Waals surface area contributed by atoms with Crippen molar-refractivity contribution in [2.45, 2.75) is 32.7 Å². The molecular weight excluding hydrogens is 222 g/mol. The number of aromatic nitrogens is 2. The topological polar surface area (TPSA) is 29.9 Å². The Kier molecular flexibility index (Phi) is 4.40. The molecule has 2 aromatic rings. The van der Waals surface area contributed by atoms with Crippen molar-refractivity contribution in [3.05, 3.63) is 48.2 Å². The van der Waals surface area contributed by atoms with Crippen molar-refractivity contribution in [3.63, 3.8) is 0 Å². The molecule has 1 aromatic heterocycles. The number of hydrogen-bond donors (Lipinski definition) is 1. The number of nitrogens with one attached hydrogen (secondary N) is 1. The Morgan fingerprint density at radius 1 is 1.22 bits per heavy atom. The Labute approximate surface area is 109 Å². The first-order chi connectivity index (χ1) is 8.79. The number of rotatable bonds is 6. The fraction of sp³-hybridized carbons (Fsp3) is 0.400. The maximum absolute atomic E-state index is 4.47. The van der Waals surface area contributed by atoms with Gasteiger partial charge in [0.25, 0.3) is 0 Å². The van der Waals surface area contributed by atoms with Crippen LogP contribution in [0.25, 0.3) is 0 Å². The summed E-state index contributed by atoms with van der Waals surface area (Å²) in [6, 6.07) is 12.6. The molecule has 1 N–H and O–H groups in total. The van der Waals surface area contributed by atoms with Crippen LogP contribution in [0.2, 0.25) is 0 Å². The molecule has 1 atom stereocenters. The van der Waals surface area contributed by atoms with Crippen molar-refractivity contribution in [2.24, 2.45) is 0 Å². The third kappa shape index (κ3) is 3.36. The molecule has 0 spiro atoms. The Morgan fingerprint density at radius 2 is 2.00 bits per heavy atom. The zero-order valence-corrected chi connectivity index (χ0v) is 11.1. The smallest absolute Gasteiger partial charge is 0.148 e. The highest BCUT2D eigenvalue weighted by Gasteiger charge is 2.05. The third-order valence-electron chi connectivity index (χ3n) is 3.05. The lowest BCUT2D eigenvalue weighted by Gasteiger charge is -2.12. The third-order valence-corrected chi connectivity index (χ3v) is 3.05. The first-order valence-electron chi connectivity index (χ1n) is 6.62. The minimum atomic E-state index is 0.488. The quantitative estimate of drug-likeness (QED) is 0.841. The highest BCUT2D eigenvalue weighted by atomic mass is 15.3. The maximum Gasteiger partial charge on any atom is 0.148 e. The van der Waals surface area contributed by atoms with Gasteiger partial charge in [-0.1, -0.05) is 44.2 Å². The van der Waals surface area contributed by atoms with Crippen LogP contribution in [0.1, 0.15) is 31.7 Å². The highest BCUT2D eigenvalue weighted by Crippen LogP contribution is 2.15. The Balaban J connectivity index is 1.87. The molecule has 1 unspecified atom stereocenters. The summed E-state index contributed by atoms with van der Waals surface area (Å²) in [6.07, 6.45) is 3.14. The SMILES string of the molecule is CCCn1ccc(NCC(C)c2ccccc2)n1. The molecule has 18 heavy (non-hydrogen) atoms. The maximum atomic E-state index is 4.47. The van der Waals surface area contributed by atoms with Gasteiger partial charge in [-0.3, -0.25) is 4.68 Å². The molecule has 2 rings (SSSR count). The zero-order valence-electron chi connectivity index (χ0n) is 11.1. The van der Waals surface area contributed by atoms with Crippen LogP contribution in [0.4, 0.5) is 5.82 Å². The van der Waals surface area contributed by atoms with Gasteiger partial charge in [0, 0.05) is 25.4 Å². The molecule has 0 bridgehead atoms. The van der Waals surface area contributed by atoms with Crippen LogP contribution in [0.15, 0.2) is 42.6 Å². The van der Waals surface area contributed by atoms with Crippen LogP contribution in [0.5, 0.6) is 0 Å². The van der Waals surface area contributed by atoms with E-state index in [9.17, 15) is 0 Å². The van der Waals surface area contributed by atoms with E-state index in [0.29, 0.717) is 5.92 Å². The summed E-state index contributed by atoms with van der Waals surface area (Å²) in [5, 5.41) is 7.86. The average Bonchev–Trinajstić information content (AvgIpc) is 2.85. The lowest BCUT2D eigenvalue weighted by molar-refractivity contribution is 0.603. The number of anilines is 1. The van der Waals surface area contributed by atoms with Crippen molar-refractivity contribution in [1.82, 2.24) is 9.78 Å².